The van der Waals surface area contributed by atoms with Gasteiger partial charge in [-0.1, -0.05) is 13.8 Å². The van der Waals surface area contributed by atoms with Gasteiger partial charge in [0.2, 0.25) is 23.6 Å². The Kier molecular flexibility index (Phi) is 12.8. The third kappa shape index (κ3) is 10.6. The molecule has 1 saturated heterocycles. The number of rotatable bonds is 14. The third-order valence-corrected chi connectivity index (χ3v) is 5.85. The largest absolute Gasteiger partial charge is 0.481 e. The quantitative estimate of drug-likeness (QED) is 0.0723. The summed E-state index contributed by atoms with van der Waals surface area (Å²) in [5.41, 5.74) is 11.2. The first-order valence-electron chi connectivity index (χ1n) is 12.5. The monoisotopic (exact) mass is 526 g/mol. The normalized spacial score (nSPS) is 17.6. The molecule has 14 heteroatoms. The molecule has 0 aromatic rings. The number of carbonyl (C=O) groups is 5. The van der Waals surface area contributed by atoms with Crippen LogP contribution in [0.5, 0.6) is 0 Å². The van der Waals surface area contributed by atoms with Gasteiger partial charge in [-0.15, -0.1) is 0 Å². The molecule has 37 heavy (non-hydrogen) atoms. The van der Waals surface area contributed by atoms with Crippen LogP contribution in [0.1, 0.15) is 59.8 Å². The summed E-state index contributed by atoms with van der Waals surface area (Å²) in [6.07, 6.45) is 0.978. The van der Waals surface area contributed by atoms with Crippen LogP contribution in [0.2, 0.25) is 0 Å². The molecule has 0 saturated carbocycles. The maximum Gasteiger partial charge on any atom is 0.305 e. The zero-order valence-corrected chi connectivity index (χ0v) is 22.0. The fraction of sp³-hybridized carbons (Fsp3) is 0.739. The van der Waals surface area contributed by atoms with Gasteiger partial charge < -0.3 is 42.7 Å². The maximum absolute atomic E-state index is 13.1. The molecule has 210 valence electrons. The van der Waals surface area contributed by atoms with E-state index in [2.05, 4.69) is 21.3 Å². The van der Waals surface area contributed by atoms with Crippen molar-refractivity contribution in [2.75, 3.05) is 13.1 Å². The minimum absolute atomic E-state index is 0.164. The molecule has 1 fully saturated rings. The van der Waals surface area contributed by atoms with E-state index in [-0.39, 0.29) is 17.9 Å². The molecule has 14 nitrogen and oxygen atoms in total. The first kappa shape index (κ1) is 31.6. The Hall–Kier alpha value is -3.42. The van der Waals surface area contributed by atoms with Gasteiger partial charge in [0.05, 0.1) is 12.5 Å². The number of amides is 4. The molecule has 0 unspecified atom stereocenters. The van der Waals surface area contributed by atoms with Crippen molar-refractivity contribution in [3.05, 3.63) is 0 Å². The SMILES string of the molecule is CC(C)NC(=O)[C@@H](NC(=O)[C@H](CC(=O)O)NC(=O)[C@@H]1CCCN1C(=O)[C@@H](N)CCCNC(=N)N)C(C)C. The lowest BCUT2D eigenvalue weighted by atomic mass is 10.0. The average molecular weight is 527 g/mol. The molecule has 0 aliphatic carbocycles. The Labute approximate surface area is 217 Å². The fourth-order valence-electron chi connectivity index (χ4n) is 4.00. The average Bonchev–Trinajstić information content (AvgIpc) is 3.27. The Morgan fingerprint density at radius 1 is 1.05 bits per heavy atom. The van der Waals surface area contributed by atoms with Crippen LogP contribution in [-0.4, -0.2) is 88.9 Å². The van der Waals surface area contributed by atoms with Gasteiger partial charge in [0, 0.05) is 19.1 Å². The van der Waals surface area contributed by atoms with Crippen LogP contribution >= 0.6 is 0 Å². The van der Waals surface area contributed by atoms with Crippen molar-refractivity contribution in [2.24, 2.45) is 17.4 Å². The van der Waals surface area contributed by atoms with E-state index in [1.54, 1.807) is 27.7 Å². The summed E-state index contributed by atoms with van der Waals surface area (Å²) in [4.78, 5) is 64.2. The van der Waals surface area contributed by atoms with Crippen molar-refractivity contribution in [3.63, 3.8) is 0 Å². The first-order valence-corrected chi connectivity index (χ1v) is 12.5. The Morgan fingerprint density at radius 2 is 1.70 bits per heavy atom. The van der Waals surface area contributed by atoms with Gasteiger partial charge in [-0.25, -0.2) is 0 Å². The third-order valence-electron chi connectivity index (χ3n) is 5.85. The number of carboxylic acid groups (broad SMARTS) is 1. The topological polar surface area (TPSA) is 233 Å². The van der Waals surface area contributed by atoms with Crippen LogP contribution in [0.4, 0.5) is 0 Å². The minimum atomic E-state index is -1.44. The van der Waals surface area contributed by atoms with Crippen molar-refractivity contribution < 1.29 is 29.1 Å². The van der Waals surface area contributed by atoms with Crippen molar-refractivity contribution in [1.82, 2.24) is 26.2 Å². The Balaban J connectivity index is 2.88. The molecular weight excluding hydrogens is 484 g/mol. The fourth-order valence-corrected chi connectivity index (χ4v) is 4.00. The van der Waals surface area contributed by atoms with Crippen LogP contribution < -0.4 is 32.7 Å². The van der Waals surface area contributed by atoms with E-state index >= 15 is 0 Å². The summed E-state index contributed by atoms with van der Waals surface area (Å²) in [7, 11) is 0. The summed E-state index contributed by atoms with van der Waals surface area (Å²) >= 11 is 0. The number of aliphatic carboxylic acids is 1. The number of carboxylic acids is 1. The molecule has 0 spiro atoms. The van der Waals surface area contributed by atoms with Crippen LogP contribution in [0.15, 0.2) is 0 Å². The highest BCUT2D eigenvalue weighted by Gasteiger charge is 2.38. The highest BCUT2D eigenvalue weighted by molar-refractivity contribution is 5.96. The summed E-state index contributed by atoms with van der Waals surface area (Å²) in [5, 5.41) is 26.8. The van der Waals surface area contributed by atoms with Gasteiger partial charge in [0.15, 0.2) is 5.96 Å². The number of nitrogens with zero attached hydrogens (tertiary/aromatic N) is 1. The van der Waals surface area contributed by atoms with E-state index in [0.29, 0.717) is 38.8 Å². The van der Waals surface area contributed by atoms with Crippen LogP contribution in [0, 0.1) is 11.3 Å². The molecule has 0 aromatic heterocycles. The van der Waals surface area contributed by atoms with Gasteiger partial charge in [-0.3, -0.25) is 29.4 Å². The molecular formula is C23H42N8O6. The predicted molar refractivity (Wildman–Crippen MR) is 136 cm³/mol. The number of hydrogen-bond donors (Lipinski definition) is 8. The lowest BCUT2D eigenvalue weighted by molar-refractivity contribution is -0.143. The van der Waals surface area contributed by atoms with Gasteiger partial charge in [-0.2, -0.15) is 0 Å². The summed E-state index contributed by atoms with van der Waals surface area (Å²) in [6, 6.07) is -4.30. The second kappa shape index (κ2) is 15.0. The molecule has 0 radical (unpaired) electrons. The highest BCUT2D eigenvalue weighted by Crippen LogP contribution is 2.19. The second-order valence-corrected chi connectivity index (χ2v) is 9.83. The van der Waals surface area contributed by atoms with E-state index in [4.69, 9.17) is 16.9 Å². The second-order valence-electron chi connectivity index (χ2n) is 9.83. The number of likely N-dealkylation sites (tertiary alicyclic amines) is 1. The van der Waals surface area contributed by atoms with Gasteiger partial charge in [0.1, 0.15) is 18.1 Å². The lowest BCUT2D eigenvalue weighted by Crippen LogP contribution is -2.58. The van der Waals surface area contributed by atoms with E-state index in [9.17, 15) is 29.1 Å². The van der Waals surface area contributed by atoms with Gasteiger partial charge in [0.25, 0.3) is 0 Å². The van der Waals surface area contributed by atoms with Crippen LogP contribution in [0.3, 0.4) is 0 Å². The number of nitrogens with two attached hydrogens (primary N) is 2. The molecule has 10 N–H and O–H groups in total. The molecule has 1 heterocycles. The molecule has 4 atom stereocenters. The first-order chi connectivity index (χ1) is 17.2. The van der Waals surface area contributed by atoms with Crippen molar-refractivity contribution in [3.8, 4) is 0 Å². The minimum Gasteiger partial charge on any atom is -0.481 e. The Bertz CT molecular complexity index is 849. The number of guanidine groups is 1. The van der Waals surface area contributed by atoms with E-state index in [1.807, 2.05) is 0 Å². The van der Waals surface area contributed by atoms with Crippen molar-refractivity contribution in [2.45, 2.75) is 90.0 Å². The standard InChI is InChI=1S/C23H42N8O6/c1-12(2)18(21(36)28-13(3)4)30-19(34)15(11-17(32)33)29-20(35)16-8-6-10-31(16)22(37)14(24)7-5-9-27-23(25)26/h12-16,18H,5-11,24H2,1-4H3,(H,28,36)(H,29,35)(H,30,34)(H,32,33)(H4,25,26,27)/t14-,15-,16-,18-/m0/s1. The van der Waals surface area contributed by atoms with Crippen molar-refractivity contribution >= 4 is 35.6 Å². The van der Waals surface area contributed by atoms with E-state index in [0.717, 1.165) is 0 Å². The molecule has 0 aromatic carbocycles. The summed E-state index contributed by atoms with van der Waals surface area (Å²) in [5.74, 6) is -4.10. The molecule has 0 bridgehead atoms. The number of hydrogen-bond acceptors (Lipinski definition) is 7. The van der Waals surface area contributed by atoms with E-state index in [1.165, 1.54) is 4.90 Å². The number of carbonyl (C=O) groups excluding carboxylic acids is 4. The zero-order valence-electron chi connectivity index (χ0n) is 22.0. The van der Waals surface area contributed by atoms with Crippen molar-refractivity contribution in [1.29, 1.82) is 5.41 Å². The molecule has 1 aliphatic rings. The summed E-state index contributed by atoms with van der Waals surface area (Å²) < 4.78 is 0. The van der Waals surface area contributed by atoms with Gasteiger partial charge >= 0.3 is 5.97 Å². The molecule has 1 aliphatic heterocycles. The Morgan fingerprint density at radius 3 is 2.24 bits per heavy atom. The lowest BCUT2D eigenvalue weighted by Gasteiger charge is -2.29. The zero-order chi connectivity index (χ0) is 28.3. The van der Waals surface area contributed by atoms with Crippen LogP contribution in [-0.2, 0) is 24.0 Å². The highest BCUT2D eigenvalue weighted by atomic mass is 16.4. The van der Waals surface area contributed by atoms with E-state index < -0.39 is 60.2 Å². The summed E-state index contributed by atoms with van der Waals surface area (Å²) in [6.45, 7) is 7.69. The molecule has 4 amide bonds. The molecule has 1 rings (SSSR count). The predicted octanol–water partition coefficient (Wildman–Crippen LogP) is -1.81. The van der Waals surface area contributed by atoms with Crippen LogP contribution in [0.25, 0.3) is 0 Å². The number of nitrogens with one attached hydrogen (secondary N) is 5. The van der Waals surface area contributed by atoms with Gasteiger partial charge in [-0.05, 0) is 45.4 Å². The maximum atomic E-state index is 13.1. The smallest absolute Gasteiger partial charge is 0.305 e.